The van der Waals surface area contributed by atoms with Gasteiger partial charge in [0.05, 0.1) is 18.3 Å². The van der Waals surface area contributed by atoms with Gasteiger partial charge in [0, 0.05) is 11.1 Å². The van der Waals surface area contributed by atoms with Crippen LogP contribution in [0.1, 0.15) is 36.1 Å². The summed E-state index contributed by atoms with van der Waals surface area (Å²) in [6.07, 6.45) is 1.87. The van der Waals surface area contributed by atoms with E-state index in [9.17, 15) is 4.79 Å². The lowest BCUT2D eigenvalue weighted by atomic mass is 9.81. The summed E-state index contributed by atoms with van der Waals surface area (Å²) in [5.74, 6) is 0.833. The van der Waals surface area contributed by atoms with Crippen LogP contribution in [0, 0.1) is 0 Å². The number of hydrogen-bond acceptors (Lipinski definition) is 2. The molecule has 2 amide bonds. The molecule has 28 heavy (non-hydrogen) atoms. The Kier molecular flexibility index (Phi) is 4.05. The van der Waals surface area contributed by atoms with Gasteiger partial charge >= 0.3 is 6.03 Å². The molecule has 1 aliphatic carbocycles. The molecule has 0 saturated heterocycles. The minimum absolute atomic E-state index is 0.171. The summed E-state index contributed by atoms with van der Waals surface area (Å²) in [6, 6.07) is 20.3. The second kappa shape index (κ2) is 6.71. The minimum Gasteiger partial charge on any atom is -0.493 e. The maximum Gasteiger partial charge on any atom is 0.320 e. The number of amides is 2. The highest BCUT2D eigenvalue weighted by Gasteiger charge is 2.34. The number of carbonyl (C=O) groups excluding carboxylic acids is 1. The van der Waals surface area contributed by atoms with Crippen molar-refractivity contribution in [2.24, 2.45) is 0 Å². The van der Waals surface area contributed by atoms with Gasteiger partial charge in [-0.1, -0.05) is 54.6 Å². The Hall–Kier alpha value is -3.27. The summed E-state index contributed by atoms with van der Waals surface area (Å²) in [7, 11) is 0. The van der Waals surface area contributed by atoms with Gasteiger partial charge in [0.15, 0.2) is 0 Å². The first-order chi connectivity index (χ1) is 13.8. The third kappa shape index (κ3) is 2.64. The predicted octanol–water partition coefficient (Wildman–Crippen LogP) is 4.95. The van der Waals surface area contributed by atoms with Crippen LogP contribution in [0.25, 0.3) is 16.5 Å². The van der Waals surface area contributed by atoms with Gasteiger partial charge in [0.25, 0.3) is 0 Å². The number of urea groups is 1. The number of rotatable bonds is 3. The molecule has 4 heteroatoms. The fourth-order valence-electron chi connectivity index (χ4n) is 4.45. The average molecular weight is 370 g/mol. The molecule has 3 aromatic carbocycles. The van der Waals surface area contributed by atoms with Gasteiger partial charge < -0.3 is 15.4 Å². The van der Waals surface area contributed by atoms with E-state index in [1.807, 2.05) is 31.2 Å². The minimum atomic E-state index is -0.204. The Morgan fingerprint density at radius 3 is 2.71 bits per heavy atom. The highest BCUT2D eigenvalue weighted by molar-refractivity contribution is 5.95. The Morgan fingerprint density at radius 2 is 1.82 bits per heavy atom. The van der Waals surface area contributed by atoms with Crippen LogP contribution >= 0.6 is 0 Å². The maximum atomic E-state index is 12.6. The van der Waals surface area contributed by atoms with E-state index in [0.29, 0.717) is 6.61 Å². The van der Waals surface area contributed by atoms with Crippen molar-refractivity contribution in [3.63, 3.8) is 0 Å². The van der Waals surface area contributed by atoms with Gasteiger partial charge in [-0.25, -0.2) is 4.79 Å². The molecule has 1 atom stereocenters. The van der Waals surface area contributed by atoms with E-state index in [-0.39, 0.29) is 12.1 Å². The Morgan fingerprint density at radius 1 is 1.00 bits per heavy atom. The molecule has 0 saturated carbocycles. The number of fused-ring (bicyclic) bond motifs is 3. The molecule has 0 fully saturated rings. The van der Waals surface area contributed by atoms with E-state index in [1.54, 1.807) is 0 Å². The van der Waals surface area contributed by atoms with Crippen LogP contribution in [-0.4, -0.2) is 12.6 Å². The zero-order valence-electron chi connectivity index (χ0n) is 15.8. The van der Waals surface area contributed by atoms with E-state index in [2.05, 4.69) is 47.0 Å². The van der Waals surface area contributed by atoms with Gasteiger partial charge in [-0.2, -0.15) is 0 Å². The number of carbonyl (C=O) groups is 1. The first kappa shape index (κ1) is 16.9. The number of ether oxygens (including phenoxy) is 1. The van der Waals surface area contributed by atoms with E-state index >= 15 is 0 Å². The molecule has 4 nitrogen and oxygen atoms in total. The zero-order valence-corrected chi connectivity index (χ0v) is 15.8. The Labute approximate surface area is 164 Å². The van der Waals surface area contributed by atoms with Crippen LogP contribution in [0.3, 0.4) is 0 Å². The molecule has 0 aromatic heterocycles. The average Bonchev–Trinajstić information content (AvgIpc) is 2.73. The van der Waals surface area contributed by atoms with Crippen LogP contribution in [0.4, 0.5) is 4.79 Å². The molecule has 2 aliphatic rings. The highest BCUT2D eigenvalue weighted by Crippen LogP contribution is 2.43. The lowest BCUT2D eigenvalue weighted by Crippen LogP contribution is -2.44. The third-order valence-corrected chi connectivity index (χ3v) is 5.65. The number of aryl methyl sites for hydroxylation is 1. The standard InChI is InChI=1S/C24H22N2O2/c1-2-28-20-14-12-15-7-3-5-9-17(15)21(20)23-19-13-11-16-8-4-6-10-18(16)22(19)25-24(27)26-23/h3-10,12,14,23H,2,11,13H2,1H3,(H2,25,26,27). The van der Waals surface area contributed by atoms with Crippen molar-refractivity contribution in [2.75, 3.05) is 6.61 Å². The fourth-order valence-corrected chi connectivity index (χ4v) is 4.45. The largest absolute Gasteiger partial charge is 0.493 e. The second-order valence-corrected chi connectivity index (χ2v) is 7.22. The summed E-state index contributed by atoms with van der Waals surface area (Å²) in [6.45, 7) is 2.57. The zero-order chi connectivity index (χ0) is 19.1. The summed E-state index contributed by atoms with van der Waals surface area (Å²) in [4.78, 5) is 12.6. The first-order valence-corrected chi connectivity index (χ1v) is 9.79. The summed E-state index contributed by atoms with van der Waals surface area (Å²) < 4.78 is 5.99. The molecule has 5 rings (SSSR count). The van der Waals surface area contributed by atoms with Crippen molar-refractivity contribution in [3.05, 3.63) is 82.9 Å². The molecule has 140 valence electrons. The maximum absolute atomic E-state index is 12.6. The highest BCUT2D eigenvalue weighted by atomic mass is 16.5. The van der Waals surface area contributed by atoms with E-state index in [0.717, 1.165) is 46.2 Å². The normalized spacial score (nSPS) is 18.2. The van der Waals surface area contributed by atoms with Gasteiger partial charge in [-0.05, 0) is 47.7 Å². The number of nitrogens with one attached hydrogen (secondary N) is 2. The molecule has 3 aromatic rings. The van der Waals surface area contributed by atoms with E-state index < -0.39 is 0 Å². The van der Waals surface area contributed by atoms with Crippen molar-refractivity contribution >= 4 is 22.5 Å². The van der Waals surface area contributed by atoms with E-state index in [4.69, 9.17) is 4.74 Å². The molecule has 2 N–H and O–H groups in total. The van der Waals surface area contributed by atoms with Crippen LogP contribution in [0.2, 0.25) is 0 Å². The van der Waals surface area contributed by atoms with Crippen LogP contribution < -0.4 is 15.4 Å². The van der Waals surface area contributed by atoms with E-state index in [1.165, 1.54) is 11.1 Å². The smallest absolute Gasteiger partial charge is 0.320 e. The molecule has 1 aliphatic heterocycles. The lowest BCUT2D eigenvalue weighted by Gasteiger charge is -2.35. The molecule has 0 bridgehead atoms. The lowest BCUT2D eigenvalue weighted by molar-refractivity contribution is 0.240. The monoisotopic (exact) mass is 370 g/mol. The third-order valence-electron chi connectivity index (χ3n) is 5.65. The summed E-state index contributed by atoms with van der Waals surface area (Å²) >= 11 is 0. The topological polar surface area (TPSA) is 50.4 Å². The summed E-state index contributed by atoms with van der Waals surface area (Å²) in [5.41, 5.74) is 5.62. The van der Waals surface area contributed by atoms with Crippen molar-refractivity contribution in [1.82, 2.24) is 10.6 Å². The number of hydrogen-bond donors (Lipinski definition) is 2. The Bertz CT molecular complexity index is 1120. The number of benzene rings is 3. The Balaban J connectivity index is 1.75. The predicted molar refractivity (Wildman–Crippen MR) is 111 cm³/mol. The van der Waals surface area contributed by atoms with Crippen LogP contribution in [0.15, 0.2) is 66.2 Å². The van der Waals surface area contributed by atoms with Crippen LogP contribution in [0.5, 0.6) is 5.75 Å². The van der Waals surface area contributed by atoms with Crippen LogP contribution in [-0.2, 0) is 6.42 Å². The molecule has 0 radical (unpaired) electrons. The molecule has 0 spiro atoms. The molecular weight excluding hydrogens is 348 g/mol. The molecular formula is C24H22N2O2. The van der Waals surface area contributed by atoms with Gasteiger partial charge in [-0.15, -0.1) is 0 Å². The second-order valence-electron chi connectivity index (χ2n) is 7.22. The molecule has 1 heterocycles. The summed E-state index contributed by atoms with van der Waals surface area (Å²) in [5, 5.41) is 8.49. The van der Waals surface area contributed by atoms with Crippen molar-refractivity contribution < 1.29 is 9.53 Å². The van der Waals surface area contributed by atoms with Crippen molar-refractivity contribution in [3.8, 4) is 5.75 Å². The SMILES string of the molecule is CCOc1ccc2ccccc2c1C1NC(=O)NC2=C1CCc1ccccc12. The van der Waals surface area contributed by atoms with Gasteiger partial charge in [0.2, 0.25) is 0 Å². The van der Waals surface area contributed by atoms with Crippen molar-refractivity contribution in [1.29, 1.82) is 0 Å². The van der Waals surface area contributed by atoms with Crippen molar-refractivity contribution in [2.45, 2.75) is 25.8 Å². The van der Waals surface area contributed by atoms with Gasteiger partial charge in [0.1, 0.15) is 5.75 Å². The quantitative estimate of drug-likeness (QED) is 0.685. The molecule has 1 unspecified atom stereocenters. The van der Waals surface area contributed by atoms with Gasteiger partial charge in [-0.3, -0.25) is 0 Å². The first-order valence-electron chi connectivity index (χ1n) is 9.79. The fraction of sp³-hybridized carbons (Fsp3) is 0.208.